The molecule has 2 aromatic rings. The third kappa shape index (κ3) is 3.52. The van der Waals surface area contributed by atoms with E-state index in [0.717, 1.165) is 22.3 Å². The number of thiazole rings is 1. The Morgan fingerprint density at radius 2 is 2.41 bits per heavy atom. The zero-order valence-corrected chi connectivity index (χ0v) is 12.6. The minimum Gasteiger partial charge on any atom is -0.379 e. The molecule has 1 aromatic heterocycles. The fourth-order valence-electron chi connectivity index (χ4n) is 2.24. The molecule has 8 heteroatoms. The second-order valence-corrected chi connectivity index (χ2v) is 5.98. The molecular weight excluding hydrogens is 304 g/mol. The Labute approximate surface area is 131 Å². The van der Waals surface area contributed by atoms with Crippen molar-refractivity contribution in [3.63, 3.8) is 0 Å². The predicted octanol–water partition coefficient (Wildman–Crippen LogP) is 1.18. The molecule has 3 rings (SSSR count). The highest BCUT2D eigenvalue weighted by Crippen LogP contribution is 2.28. The predicted molar refractivity (Wildman–Crippen MR) is 85.2 cm³/mol. The van der Waals surface area contributed by atoms with Crippen molar-refractivity contribution in [1.82, 2.24) is 10.3 Å². The topological polar surface area (TPSA) is 92.4 Å². The number of carbonyl (C=O) groups excluding carboxylic acids is 2. The summed E-state index contributed by atoms with van der Waals surface area (Å²) >= 11 is 1.44. The number of ether oxygens (including phenoxy) is 1. The third-order valence-corrected chi connectivity index (χ3v) is 4.28. The smallest absolute Gasteiger partial charge is 0.239 e. The Kier molecular flexibility index (Phi) is 4.50. The second-order valence-electron chi connectivity index (χ2n) is 4.95. The molecule has 1 aliphatic rings. The monoisotopic (exact) mass is 320 g/mol. The van der Waals surface area contributed by atoms with Crippen molar-refractivity contribution in [2.75, 3.05) is 30.4 Å². The Hall–Kier alpha value is -2.19. The van der Waals surface area contributed by atoms with Gasteiger partial charge in [0, 0.05) is 12.3 Å². The summed E-state index contributed by atoms with van der Waals surface area (Å²) in [6.07, 6.45) is 1.50. The maximum atomic E-state index is 11.8. The van der Waals surface area contributed by atoms with Crippen LogP contribution >= 0.6 is 11.3 Å². The van der Waals surface area contributed by atoms with Crippen LogP contribution in [-0.4, -0.2) is 43.1 Å². The largest absolute Gasteiger partial charge is 0.379 e. The number of anilines is 2. The molecule has 0 bridgehead atoms. The molecule has 0 unspecified atom stereocenters. The summed E-state index contributed by atoms with van der Waals surface area (Å²) in [6.45, 7) is 1.46. The van der Waals surface area contributed by atoms with Gasteiger partial charge in [0.05, 0.1) is 29.4 Å². The summed E-state index contributed by atoms with van der Waals surface area (Å²) in [7, 11) is 0. The Morgan fingerprint density at radius 1 is 1.50 bits per heavy atom. The normalized spacial score (nSPS) is 17.4. The van der Waals surface area contributed by atoms with Gasteiger partial charge < -0.3 is 20.7 Å². The summed E-state index contributed by atoms with van der Waals surface area (Å²) in [5.41, 5.74) is 1.55. The number of hydrogen-bond acceptors (Lipinski definition) is 6. The molecule has 0 aliphatic carbocycles. The van der Waals surface area contributed by atoms with Gasteiger partial charge in [-0.05, 0) is 24.6 Å². The highest BCUT2D eigenvalue weighted by molar-refractivity contribution is 7.22. The molecule has 2 amide bonds. The van der Waals surface area contributed by atoms with E-state index in [-0.39, 0.29) is 18.5 Å². The van der Waals surface area contributed by atoms with E-state index in [1.807, 2.05) is 12.1 Å². The quantitative estimate of drug-likeness (QED) is 0.695. The number of aromatic nitrogens is 1. The van der Waals surface area contributed by atoms with E-state index in [0.29, 0.717) is 24.8 Å². The molecule has 0 radical (unpaired) electrons. The molecule has 22 heavy (non-hydrogen) atoms. The fourth-order valence-corrected chi connectivity index (χ4v) is 3.14. The Balaban J connectivity index is 1.58. The van der Waals surface area contributed by atoms with Crippen molar-refractivity contribution in [1.29, 1.82) is 0 Å². The van der Waals surface area contributed by atoms with Crippen molar-refractivity contribution in [2.24, 2.45) is 0 Å². The average Bonchev–Trinajstić information content (AvgIpc) is 3.14. The number of amides is 2. The van der Waals surface area contributed by atoms with Gasteiger partial charge in [-0.25, -0.2) is 4.98 Å². The van der Waals surface area contributed by atoms with Crippen LogP contribution in [-0.2, 0) is 14.3 Å². The highest BCUT2D eigenvalue weighted by Gasteiger charge is 2.17. The van der Waals surface area contributed by atoms with Crippen LogP contribution < -0.4 is 16.0 Å². The number of carbonyl (C=O) groups is 2. The molecule has 2 heterocycles. The van der Waals surface area contributed by atoms with Crippen LogP contribution in [0.25, 0.3) is 10.2 Å². The van der Waals surface area contributed by atoms with Gasteiger partial charge in [0.2, 0.25) is 12.3 Å². The van der Waals surface area contributed by atoms with Gasteiger partial charge in [0.25, 0.3) is 0 Å². The highest BCUT2D eigenvalue weighted by atomic mass is 32.1. The number of hydrogen-bond donors (Lipinski definition) is 3. The molecule has 0 saturated carbocycles. The minimum atomic E-state index is -0.0712. The lowest BCUT2D eigenvalue weighted by Gasteiger charge is -2.10. The Bertz CT molecular complexity index is 682. The van der Waals surface area contributed by atoms with Crippen LogP contribution in [0.4, 0.5) is 10.8 Å². The van der Waals surface area contributed by atoms with E-state index in [9.17, 15) is 9.59 Å². The van der Waals surface area contributed by atoms with Gasteiger partial charge >= 0.3 is 0 Å². The number of benzene rings is 1. The molecule has 0 spiro atoms. The third-order valence-electron chi connectivity index (χ3n) is 3.31. The first-order valence-electron chi connectivity index (χ1n) is 6.96. The van der Waals surface area contributed by atoms with Gasteiger partial charge in [-0.3, -0.25) is 9.59 Å². The van der Waals surface area contributed by atoms with Gasteiger partial charge in [0.1, 0.15) is 0 Å². The zero-order valence-electron chi connectivity index (χ0n) is 11.8. The van der Waals surface area contributed by atoms with Crippen LogP contribution in [0, 0.1) is 0 Å². The molecule has 1 fully saturated rings. The molecule has 1 atom stereocenters. The number of fused-ring (bicyclic) bond motifs is 1. The van der Waals surface area contributed by atoms with Gasteiger partial charge in [-0.15, -0.1) is 0 Å². The van der Waals surface area contributed by atoms with Gasteiger partial charge in [-0.2, -0.15) is 0 Å². The molecule has 7 nitrogen and oxygen atoms in total. The van der Waals surface area contributed by atoms with E-state index in [1.54, 1.807) is 6.07 Å². The minimum absolute atomic E-state index is 0.0712. The first-order chi connectivity index (χ1) is 10.7. The van der Waals surface area contributed by atoms with Crippen molar-refractivity contribution in [3.8, 4) is 0 Å². The first kappa shape index (κ1) is 14.7. The van der Waals surface area contributed by atoms with Crippen molar-refractivity contribution < 1.29 is 14.3 Å². The van der Waals surface area contributed by atoms with Gasteiger partial charge in [0.15, 0.2) is 5.13 Å². The van der Waals surface area contributed by atoms with Crippen LogP contribution in [0.2, 0.25) is 0 Å². The number of nitrogens with zero attached hydrogens (tertiary/aromatic N) is 1. The van der Waals surface area contributed by atoms with Crippen LogP contribution in [0.5, 0.6) is 0 Å². The molecule has 116 valence electrons. The Morgan fingerprint density at radius 3 is 3.18 bits per heavy atom. The standard InChI is InChI=1S/C14H16N4O3S/c19-8-16-9-1-2-11-12(5-9)22-14(18-11)15-6-13(20)17-10-3-4-21-7-10/h1-2,5,8,10H,3-4,6-7H2,(H,15,18)(H,16,19)(H,17,20)/t10-/m1/s1. The second kappa shape index (κ2) is 6.71. The summed E-state index contributed by atoms with van der Waals surface area (Å²) < 4.78 is 6.16. The van der Waals surface area contributed by atoms with E-state index in [4.69, 9.17) is 4.74 Å². The molecule has 1 saturated heterocycles. The zero-order chi connectivity index (χ0) is 15.4. The number of rotatable bonds is 6. The maximum Gasteiger partial charge on any atom is 0.239 e. The molecule has 1 aromatic carbocycles. The van der Waals surface area contributed by atoms with E-state index < -0.39 is 0 Å². The lowest BCUT2D eigenvalue weighted by atomic mass is 10.2. The first-order valence-corrected chi connectivity index (χ1v) is 7.78. The van der Waals surface area contributed by atoms with Crippen molar-refractivity contribution >= 4 is 44.7 Å². The SMILES string of the molecule is O=CNc1ccc2nc(NCC(=O)N[C@@H]3CCOC3)sc2c1. The van der Waals surface area contributed by atoms with Crippen molar-refractivity contribution in [2.45, 2.75) is 12.5 Å². The lowest BCUT2D eigenvalue weighted by Crippen LogP contribution is -2.38. The van der Waals surface area contributed by atoms with Gasteiger partial charge in [-0.1, -0.05) is 11.3 Å². The van der Waals surface area contributed by atoms with Crippen molar-refractivity contribution in [3.05, 3.63) is 18.2 Å². The molecule has 1 aliphatic heterocycles. The number of nitrogens with one attached hydrogen (secondary N) is 3. The molecular formula is C14H16N4O3S. The van der Waals surface area contributed by atoms with E-state index in [1.165, 1.54) is 11.3 Å². The summed E-state index contributed by atoms with van der Waals surface area (Å²) in [5.74, 6) is -0.0712. The van der Waals surface area contributed by atoms with Crippen LogP contribution in [0.3, 0.4) is 0 Å². The summed E-state index contributed by atoms with van der Waals surface area (Å²) in [4.78, 5) is 26.7. The van der Waals surface area contributed by atoms with Crippen LogP contribution in [0.1, 0.15) is 6.42 Å². The lowest BCUT2D eigenvalue weighted by molar-refractivity contribution is -0.120. The van der Waals surface area contributed by atoms with E-state index in [2.05, 4.69) is 20.9 Å². The van der Waals surface area contributed by atoms with Crippen LogP contribution in [0.15, 0.2) is 18.2 Å². The fraction of sp³-hybridized carbons (Fsp3) is 0.357. The maximum absolute atomic E-state index is 11.8. The molecule has 3 N–H and O–H groups in total. The summed E-state index contributed by atoms with van der Waals surface area (Å²) in [6, 6.07) is 5.58. The van der Waals surface area contributed by atoms with E-state index >= 15 is 0 Å². The average molecular weight is 320 g/mol. The summed E-state index contributed by atoms with van der Waals surface area (Å²) in [5, 5.41) is 9.21.